The van der Waals surface area contributed by atoms with Crippen molar-refractivity contribution in [1.82, 2.24) is 4.90 Å². The van der Waals surface area contributed by atoms with Crippen molar-refractivity contribution in [1.29, 1.82) is 0 Å². The van der Waals surface area contributed by atoms with Crippen LogP contribution in [-0.2, 0) is 11.2 Å². The van der Waals surface area contributed by atoms with Gasteiger partial charge in [0.05, 0.1) is 6.42 Å². The number of carbonyl (C=O) groups excluding carboxylic acids is 1. The molecule has 1 aromatic rings. The summed E-state index contributed by atoms with van der Waals surface area (Å²) in [6.45, 7) is 4.67. The molecule has 3 nitrogen and oxygen atoms in total. The number of nitrogens with one attached hydrogen (secondary N) is 1. The molecule has 1 aromatic carbocycles. The first-order valence-electron chi connectivity index (χ1n) is 8.52. The van der Waals surface area contributed by atoms with Crippen LogP contribution in [0.15, 0.2) is 24.3 Å². The van der Waals surface area contributed by atoms with Crippen LogP contribution in [0.25, 0.3) is 0 Å². The minimum Gasteiger partial charge on any atom is -0.382 e. The first-order valence-corrected chi connectivity index (χ1v) is 8.52. The molecule has 1 aliphatic carbocycles. The fourth-order valence-electron chi connectivity index (χ4n) is 3.29. The number of amides is 1. The first-order chi connectivity index (χ1) is 10.5. The van der Waals surface area contributed by atoms with E-state index in [-0.39, 0.29) is 5.91 Å². The fraction of sp³-hybridized carbons (Fsp3) is 0.632. The largest absolute Gasteiger partial charge is 0.382 e. The lowest BCUT2D eigenvalue weighted by atomic mass is 9.79. The Hall–Kier alpha value is -1.51. The van der Waals surface area contributed by atoms with Crippen molar-refractivity contribution in [3.05, 3.63) is 29.8 Å². The lowest BCUT2D eigenvalue weighted by molar-refractivity contribution is -0.127. The van der Waals surface area contributed by atoms with E-state index in [0.29, 0.717) is 12.5 Å². The van der Waals surface area contributed by atoms with E-state index in [1.165, 1.54) is 25.7 Å². The van der Waals surface area contributed by atoms with E-state index in [4.69, 9.17) is 0 Å². The standard InChI is InChI=1S/C19H30N2O/c1-14(2)15-9-11-17(12-10-15)20-18-8-6-5-7-16(18)13-19(22)21(3)4/h5-8,14-15,17,20H,9-13H2,1-4H3. The summed E-state index contributed by atoms with van der Waals surface area (Å²) in [5.41, 5.74) is 2.23. The molecule has 2 rings (SSSR count). The minimum atomic E-state index is 0.151. The Morgan fingerprint density at radius 2 is 1.82 bits per heavy atom. The molecule has 1 fully saturated rings. The zero-order chi connectivity index (χ0) is 16.1. The van der Waals surface area contributed by atoms with Crippen LogP contribution in [-0.4, -0.2) is 30.9 Å². The third-order valence-electron chi connectivity index (χ3n) is 4.93. The van der Waals surface area contributed by atoms with Gasteiger partial charge in [0.2, 0.25) is 5.91 Å². The molecule has 3 heteroatoms. The van der Waals surface area contributed by atoms with Crippen LogP contribution >= 0.6 is 0 Å². The van der Waals surface area contributed by atoms with E-state index in [0.717, 1.165) is 23.1 Å². The van der Waals surface area contributed by atoms with Crippen LogP contribution in [0.3, 0.4) is 0 Å². The maximum absolute atomic E-state index is 12.0. The highest BCUT2D eigenvalue weighted by Crippen LogP contribution is 2.32. The SMILES string of the molecule is CC(C)C1CCC(Nc2ccccc2CC(=O)N(C)C)CC1. The Morgan fingerprint density at radius 1 is 1.18 bits per heavy atom. The van der Waals surface area contributed by atoms with E-state index in [1.807, 2.05) is 26.2 Å². The summed E-state index contributed by atoms with van der Waals surface area (Å²) in [6.07, 6.45) is 5.57. The van der Waals surface area contributed by atoms with Crippen LogP contribution in [0.2, 0.25) is 0 Å². The maximum atomic E-state index is 12.0. The van der Waals surface area contributed by atoms with Gasteiger partial charge in [0.25, 0.3) is 0 Å². The number of nitrogens with zero attached hydrogens (tertiary/aromatic N) is 1. The number of anilines is 1. The molecule has 0 aromatic heterocycles. The summed E-state index contributed by atoms with van der Waals surface area (Å²) in [5, 5.41) is 3.68. The summed E-state index contributed by atoms with van der Waals surface area (Å²) in [7, 11) is 3.62. The highest BCUT2D eigenvalue weighted by Gasteiger charge is 2.23. The van der Waals surface area contributed by atoms with Crippen LogP contribution in [0, 0.1) is 11.8 Å². The van der Waals surface area contributed by atoms with Crippen molar-refractivity contribution < 1.29 is 4.79 Å². The predicted molar refractivity (Wildman–Crippen MR) is 93.0 cm³/mol. The van der Waals surface area contributed by atoms with Gasteiger partial charge in [0.15, 0.2) is 0 Å². The van der Waals surface area contributed by atoms with Crippen molar-refractivity contribution >= 4 is 11.6 Å². The molecule has 1 amide bonds. The fourth-order valence-corrected chi connectivity index (χ4v) is 3.29. The second-order valence-electron chi connectivity index (χ2n) is 7.12. The molecule has 0 atom stereocenters. The maximum Gasteiger partial charge on any atom is 0.226 e. The van der Waals surface area contributed by atoms with Gasteiger partial charge in [0, 0.05) is 25.8 Å². The molecule has 1 aliphatic rings. The lowest BCUT2D eigenvalue weighted by Crippen LogP contribution is -2.29. The molecule has 0 radical (unpaired) electrons. The normalized spacial score (nSPS) is 21.7. The number of rotatable bonds is 5. The topological polar surface area (TPSA) is 32.3 Å². The second kappa shape index (κ2) is 7.66. The lowest BCUT2D eigenvalue weighted by Gasteiger charge is -2.32. The summed E-state index contributed by atoms with van der Waals surface area (Å²) < 4.78 is 0. The molecule has 0 spiro atoms. The summed E-state index contributed by atoms with van der Waals surface area (Å²) in [4.78, 5) is 13.6. The summed E-state index contributed by atoms with van der Waals surface area (Å²) in [5.74, 6) is 1.83. The molecule has 0 aliphatic heterocycles. The molecule has 1 saturated carbocycles. The highest BCUT2D eigenvalue weighted by atomic mass is 16.2. The van der Waals surface area contributed by atoms with Gasteiger partial charge in [0.1, 0.15) is 0 Å². The highest BCUT2D eigenvalue weighted by molar-refractivity contribution is 5.80. The Kier molecular flexibility index (Phi) is 5.87. The zero-order valence-electron chi connectivity index (χ0n) is 14.4. The third-order valence-corrected chi connectivity index (χ3v) is 4.93. The van der Waals surface area contributed by atoms with E-state index in [9.17, 15) is 4.79 Å². The smallest absolute Gasteiger partial charge is 0.226 e. The van der Waals surface area contributed by atoms with Crippen molar-refractivity contribution in [3.8, 4) is 0 Å². The molecule has 0 unspecified atom stereocenters. The molecule has 22 heavy (non-hydrogen) atoms. The second-order valence-corrected chi connectivity index (χ2v) is 7.12. The number of benzene rings is 1. The van der Waals surface area contributed by atoms with Gasteiger partial charge >= 0.3 is 0 Å². The Bertz CT molecular complexity index is 488. The Balaban J connectivity index is 1.97. The van der Waals surface area contributed by atoms with Crippen molar-refractivity contribution in [2.75, 3.05) is 19.4 Å². The molecular weight excluding hydrogens is 272 g/mol. The van der Waals surface area contributed by atoms with Crippen LogP contribution in [0.5, 0.6) is 0 Å². The average molecular weight is 302 g/mol. The molecule has 122 valence electrons. The van der Waals surface area contributed by atoms with Crippen LogP contribution in [0.1, 0.15) is 45.1 Å². The number of hydrogen-bond donors (Lipinski definition) is 1. The van der Waals surface area contributed by atoms with E-state index < -0.39 is 0 Å². The monoisotopic (exact) mass is 302 g/mol. The number of carbonyl (C=O) groups is 1. The van der Waals surface area contributed by atoms with Gasteiger partial charge in [-0.15, -0.1) is 0 Å². The van der Waals surface area contributed by atoms with Gasteiger partial charge in [-0.1, -0.05) is 32.0 Å². The summed E-state index contributed by atoms with van der Waals surface area (Å²) in [6, 6.07) is 8.77. The molecule has 1 N–H and O–H groups in total. The molecule has 0 bridgehead atoms. The Morgan fingerprint density at radius 3 is 2.41 bits per heavy atom. The quantitative estimate of drug-likeness (QED) is 0.893. The van der Waals surface area contributed by atoms with E-state index in [1.54, 1.807) is 4.90 Å². The number of para-hydroxylation sites is 1. The van der Waals surface area contributed by atoms with E-state index >= 15 is 0 Å². The van der Waals surface area contributed by atoms with Gasteiger partial charge in [-0.05, 0) is 49.1 Å². The number of likely N-dealkylation sites (N-methyl/N-ethyl adjacent to an activating group) is 1. The summed E-state index contributed by atoms with van der Waals surface area (Å²) >= 11 is 0. The predicted octanol–water partition coefficient (Wildman–Crippen LogP) is 3.94. The van der Waals surface area contributed by atoms with Crippen molar-refractivity contribution in [3.63, 3.8) is 0 Å². The van der Waals surface area contributed by atoms with Gasteiger partial charge in [-0.3, -0.25) is 4.79 Å². The van der Waals surface area contributed by atoms with Crippen molar-refractivity contribution in [2.45, 2.75) is 52.0 Å². The zero-order valence-corrected chi connectivity index (χ0v) is 14.4. The number of hydrogen-bond acceptors (Lipinski definition) is 2. The van der Waals surface area contributed by atoms with Crippen molar-refractivity contribution in [2.24, 2.45) is 11.8 Å². The van der Waals surface area contributed by atoms with Crippen LogP contribution < -0.4 is 5.32 Å². The van der Waals surface area contributed by atoms with Gasteiger partial charge in [-0.25, -0.2) is 0 Å². The minimum absolute atomic E-state index is 0.151. The Labute approximate surface area is 135 Å². The molecular formula is C19H30N2O. The third kappa shape index (κ3) is 4.49. The van der Waals surface area contributed by atoms with E-state index in [2.05, 4.69) is 31.3 Å². The molecule has 0 heterocycles. The first kappa shape index (κ1) is 16.9. The average Bonchev–Trinajstić information content (AvgIpc) is 2.49. The van der Waals surface area contributed by atoms with Gasteiger partial charge < -0.3 is 10.2 Å². The van der Waals surface area contributed by atoms with Gasteiger partial charge in [-0.2, -0.15) is 0 Å². The van der Waals surface area contributed by atoms with Crippen LogP contribution in [0.4, 0.5) is 5.69 Å². The molecule has 0 saturated heterocycles.